The Morgan fingerprint density at radius 1 is 1.29 bits per heavy atom. The van der Waals surface area contributed by atoms with Crippen molar-refractivity contribution in [1.82, 2.24) is 5.32 Å². The fourth-order valence-corrected chi connectivity index (χ4v) is 3.29. The van der Waals surface area contributed by atoms with Gasteiger partial charge in [-0.3, -0.25) is 0 Å². The van der Waals surface area contributed by atoms with Gasteiger partial charge >= 0.3 is 0 Å². The van der Waals surface area contributed by atoms with Crippen LogP contribution < -0.4 is 15.0 Å². The van der Waals surface area contributed by atoms with Crippen molar-refractivity contribution in [3.05, 3.63) is 23.6 Å². The molecule has 1 aromatic carbocycles. The van der Waals surface area contributed by atoms with E-state index in [4.69, 9.17) is 4.74 Å². The lowest BCUT2D eigenvalue weighted by Gasteiger charge is -2.30. The van der Waals surface area contributed by atoms with Gasteiger partial charge in [0, 0.05) is 41.9 Å². The van der Waals surface area contributed by atoms with Gasteiger partial charge in [-0.1, -0.05) is 6.07 Å². The standard InChI is InChI=1S/C13H16N2OS/c1-16-11-9-17-12-4-2-3-10(13(11)12)15-7-5-14-6-8-15/h2-4,9,14H,5-8H2,1H3. The van der Waals surface area contributed by atoms with Crippen LogP contribution in [-0.4, -0.2) is 33.3 Å². The number of anilines is 1. The van der Waals surface area contributed by atoms with Gasteiger partial charge in [-0.2, -0.15) is 0 Å². The third kappa shape index (κ3) is 1.87. The summed E-state index contributed by atoms with van der Waals surface area (Å²) in [7, 11) is 1.75. The second-order valence-corrected chi connectivity index (χ2v) is 5.10. The topological polar surface area (TPSA) is 24.5 Å². The Kier molecular flexibility index (Phi) is 2.91. The van der Waals surface area contributed by atoms with Gasteiger partial charge in [0.1, 0.15) is 5.75 Å². The molecule has 1 aliphatic rings. The predicted molar refractivity (Wildman–Crippen MR) is 73.5 cm³/mol. The van der Waals surface area contributed by atoms with Crippen LogP contribution >= 0.6 is 11.3 Å². The fourth-order valence-electron chi connectivity index (χ4n) is 2.36. The van der Waals surface area contributed by atoms with Gasteiger partial charge in [0.25, 0.3) is 0 Å². The summed E-state index contributed by atoms with van der Waals surface area (Å²) < 4.78 is 6.77. The maximum atomic E-state index is 5.47. The molecule has 0 atom stereocenters. The SMILES string of the molecule is COc1csc2cccc(N3CCNCC3)c12. The van der Waals surface area contributed by atoms with Crippen molar-refractivity contribution in [3.8, 4) is 5.75 Å². The van der Waals surface area contributed by atoms with E-state index in [0.29, 0.717) is 0 Å². The zero-order chi connectivity index (χ0) is 11.7. The van der Waals surface area contributed by atoms with Gasteiger partial charge in [0.05, 0.1) is 12.5 Å². The molecule has 2 aromatic rings. The van der Waals surface area contributed by atoms with E-state index in [-0.39, 0.29) is 0 Å². The number of fused-ring (bicyclic) bond motifs is 1. The number of nitrogens with zero attached hydrogens (tertiary/aromatic N) is 1. The van der Waals surface area contributed by atoms with Crippen LogP contribution in [0.2, 0.25) is 0 Å². The lowest BCUT2D eigenvalue weighted by atomic mass is 10.2. The van der Waals surface area contributed by atoms with Crippen molar-refractivity contribution < 1.29 is 4.74 Å². The van der Waals surface area contributed by atoms with E-state index in [2.05, 4.69) is 33.8 Å². The number of hydrogen-bond acceptors (Lipinski definition) is 4. The van der Waals surface area contributed by atoms with Crippen LogP contribution in [0, 0.1) is 0 Å². The predicted octanol–water partition coefficient (Wildman–Crippen LogP) is 2.32. The quantitative estimate of drug-likeness (QED) is 0.882. The average Bonchev–Trinajstić information content (AvgIpc) is 2.82. The van der Waals surface area contributed by atoms with E-state index in [1.807, 2.05) is 0 Å². The maximum absolute atomic E-state index is 5.47. The van der Waals surface area contributed by atoms with E-state index in [9.17, 15) is 0 Å². The van der Waals surface area contributed by atoms with Gasteiger partial charge in [-0.15, -0.1) is 11.3 Å². The zero-order valence-corrected chi connectivity index (χ0v) is 10.7. The molecule has 1 fully saturated rings. The Balaban J connectivity index is 2.10. The molecule has 1 aliphatic heterocycles. The maximum Gasteiger partial charge on any atom is 0.139 e. The molecule has 4 heteroatoms. The molecule has 3 nitrogen and oxygen atoms in total. The second-order valence-electron chi connectivity index (χ2n) is 4.19. The Hall–Kier alpha value is -1.26. The van der Waals surface area contributed by atoms with Crippen LogP contribution in [0.3, 0.4) is 0 Å². The number of methoxy groups -OCH3 is 1. The van der Waals surface area contributed by atoms with Crippen LogP contribution in [0.4, 0.5) is 5.69 Å². The molecule has 3 rings (SSSR count). The molecule has 0 unspecified atom stereocenters. The molecular weight excluding hydrogens is 232 g/mol. The summed E-state index contributed by atoms with van der Waals surface area (Å²) in [6, 6.07) is 6.49. The van der Waals surface area contributed by atoms with Crippen molar-refractivity contribution in [3.63, 3.8) is 0 Å². The minimum atomic E-state index is 0.999. The molecule has 0 radical (unpaired) electrons. The summed E-state index contributed by atoms with van der Waals surface area (Å²) in [5, 5.41) is 6.74. The lowest BCUT2D eigenvalue weighted by molar-refractivity contribution is 0.421. The van der Waals surface area contributed by atoms with Gasteiger partial charge in [-0.05, 0) is 12.1 Å². The van der Waals surface area contributed by atoms with Gasteiger partial charge in [0.15, 0.2) is 0 Å². The smallest absolute Gasteiger partial charge is 0.139 e. The van der Waals surface area contributed by atoms with Crippen molar-refractivity contribution in [2.45, 2.75) is 0 Å². The summed E-state index contributed by atoms with van der Waals surface area (Å²) in [6.07, 6.45) is 0. The Bertz CT molecular complexity index is 517. The third-order valence-electron chi connectivity index (χ3n) is 3.22. The largest absolute Gasteiger partial charge is 0.495 e. The van der Waals surface area contributed by atoms with E-state index in [0.717, 1.165) is 31.9 Å². The first kappa shape index (κ1) is 10.9. The van der Waals surface area contributed by atoms with Gasteiger partial charge < -0.3 is 15.0 Å². The average molecular weight is 248 g/mol. The number of ether oxygens (including phenoxy) is 1. The van der Waals surface area contributed by atoms with Crippen LogP contribution in [-0.2, 0) is 0 Å². The molecule has 1 aromatic heterocycles. The van der Waals surface area contributed by atoms with Crippen LogP contribution in [0.25, 0.3) is 10.1 Å². The molecule has 90 valence electrons. The molecule has 0 spiro atoms. The highest BCUT2D eigenvalue weighted by atomic mass is 32.1. The summed E-state index contributed by atoms with van der Waals surface area (Å²) in [6.45, 7) is 4.25. The van der Waals surface area contributed by atoms with Crippen LogP contribution in [0.15, 0.2) is 23.6 Å². The molecule has 1 saturated heterocycles. The molecule has 0 aliphatic carbocycles. The first-order valence-corrected chi connectivity index (χ1v) is 6.78. The Morgan fingerprint density at radius 3 is 2.88 bits per heavy atom. The molecule has 0 bridgehead atoms. The highest BCUT2D eigenvalue weighted by Crippen LogP contribution is 2.39. The molecule has 0 amide bonds. The highest BCUT2D eigenvalue weighted by Gasteiger charge is 2.16. The van der Waals surface area contributed by atoms with Crippen molar-refractivity contribution >= 4 is 27.1 Å². The first-order chi connectivity index (χ1) is 8.40. The Morgan fingerprint density at radius 2 is 2.12 bits per heavy atom. The zero-order valence-electron chi connectivity index (χ0n) is 9.90. The minimum Gasteiger partial charge on any atom is -0.495 e. The molecule has 1 N–H and O–H groups in total. The highest BCUT2D eigenvalue weighted by molar-refractivity contribution is 7.17. The van der Waals surface area contributed by atoms with Crippen LogP contribution in [0.5, 0.6) is 5.75 Å². The molecule has 2 heterocycles. The lowest BCUT2D eigenvalue weighted by Crippen LogP contribution is -2.43. The van der Waals surface area contributed by atoms with Gasteiger partial charge in [0.2, 0.25) is 0 Å². The van der Waals surface area contributed by atoms with Crippen molar-refractivity contribution in [2.75, 3.05) is 38.2 Å². The number of benzene rings is 1. The van der Waals surface area contributed by atoms with E-state index >= 15 is 0 Å². The molecular formula is C13H16N2OS. The molecule has 0 saturated carbocycles. The summed E-state index contributed by atoms with van der Waals surface area (Å²) in [5.74, 6) is 0.999. The second kappa shape index (κ2) is 4.55. The van der Waals surface area contributed by atoms with E-state index in [1.54, 1.807) is 18.4 Å². The van der Waals surface area contributed by atoms with Crippen LogP contribution in [0.1, 0.15) is 0 Å². The first-order valence-electron chi connectivity index (χ1n) is 5.90. The monoisotopic (exact) mass is 248 g/mol. The minimum absolute atomic E-state index is 0.999. The summed E-state index contributed by atoms with van der Waals surface area (Å²) in [4.78, 5) is 2.44. The summed E-state index contributed by atoms with van der Waals surface area (Å²) >= 11 is 1.75. The number of rotatable bonds is 2. The fraction of sp³-hybridized carbons (Fsp3) is 0.385. The number of hydrogen-bond donors (Lipinski definition) is 1. The third-order valence-corrected chi connectivity index (χ3v) is 4.15. The molecule has 17 heavy (non-hydrogen) atoms. The van der Waals surface area contributed by atoms with Gasteiger partial charge in [-0.25, -0.2) is 0 Å². The number of thiophene rings is 1. The number of nitrogens with one attached hydrogen (secondary N) is 1. The summed E-state index contributed by atoms with van der Waals surface area (Å²) in [5.41, 5.74) is 1.31. The number of piperazine rings is 1. The normalized spacial score (nSPS) is 16.4. The van der Waals surface area contributed by atoms with Crippen molar-refractivity contribution in [1.29, 1.82) is 0 Å². The Labute approximate surface area is 105 Å². The van der Waals surface area contributed by atoms with E-state index in [1.165, 1.54) is 15.8 Å². The van der Waals surface area contributed by atoms with E-state index < -0.39 is 0 Å². The van der Waals surface area contributed by atoms with Crippen molar-refractivity contribution in [2.24, 2.45) is 0 Å².